The Kier molecular flexibility index (Phi) is 6.20. The van der Waals surface area contributed by atoms with Crippen LogP contribution in [-0.4, -0.2) is 56.9 Å². The number of amides is 4. The molecule has 1 aromatic carbocycles. The van der Waals surface area contributed by atoms with Gasteiger partial charge in [-0.3, -0.25) is 0 Å². The van der Waals surface area contributed by atoms with Gasteiger partial charge < -0.3 is 14.2 Å². The third-order valence-corrected chi connectivity index (χ3v) is 3.32. The van der Waals surface area contributed by atoms with Gasteiger partial charge in [-0.1, -0.05) is 0 Å². The Morgan fingerprint density at radius 1 is 1.27 bits per heavy atom. The number of hydrazine groups is 1. The maximum atomic E-state index is 11.9. The highest BCUT2D eigenvalue weighted by Gasteiger charge is 2.20. The van der Waals surface area contributed by atoms with Gasteiger partial charge in [-0.05, 0) is 19.1 Å². The molecule has 140 valence electrons. The molecule has 0 bridgehead atoms. The van der Waals surface area contributed by atoms with Gasteiger partial charge in [-0.2, -0.15) is 10.2 Å². The van der Waals surface area contributed by atoms with Crippen LogP contribution in [0.2, 0.25) is 0 Å². The van der Waals surface area contributed by atoms with Gasteiger partial charge in [-0.25, -0.2) is 30.9 Å². The number of carbonyl (C=O) groups excluding carboxylic acids is 2. The number of nitrogens with one attached hydrogen (secondary N) is 3. The molecule has 11 heteroatoms. The monoisotopic (exact) mass is 364 g/mol. The van der Waals surface area contributed by atoms with Crippen LogP contribution in [-0.2, 0) is 0 Å². The molecule has 11 nitrogen and oxygen atoms in total. The third kappa shape index (κ3) is 4.32. The first-order chi connectivity index (χ1) is 12.5. The number of hydrazone groups is 2. The minimum Gasteiger partial charge on any atom is -0.493 e. The SMILES string of the molecule is COc1ccc(/C=N/NC(=O)NN2CC(C)=NNC2=O)c(OC)c1OC. The molecule has 1 aliphatic heterocycles. The fourth-order valence-corrected chi connectivity index (χ4v) is 2.16. The van der Waals surface area contributed by atoms with Gasteiger partial charge in [-0.15, -0.1) is 0 Å². The van der Waals surface area contributed by atoms with Crippen molar-refractivity contribution in [3.05, 3.63) is 17.7 Å². The molecule has 0 spiro atoms. The summed E-state index contributed by atoms with van der Waals surface area (Å²) in [5.74, 6) is 1.31. The summed E-state index contributed by atoms with van der Waals surface area (Å²) < 4.78 is 15.8. The average Bonchev–Trinajstić information content (AvgIpc) is 2.63. The van der Waals surface area contributed by atoms with E-state index >= 15 is 0 Å². The fraction of sp³-hybridized carbons (Fsp3) is 0.333. The van der Waals surface area contributed by atoms with Crippen LogP contribution in [0.1, 0.15) is 12.5 Å². The number of carbonyl (C=O) groups is 2. The van der Waals surface area contributed by atoms with E-state index in [-0.39, 0.29) is 6.54 Å². The maximum absolute atomic E-state index is 11.9. The molecular formula is C15H20N6O5. The molecule has 0 atom stereocenters. The maximum Gasteiger partial charge on any atom is 0.356 e. The van der Waals surface area contributed by atoms with Crippen molar-refractivity contribution in [1.82, 2.24) is 21.3 Å². The zero-order chi connectivity index (χ0) is 19.1. The Labute approximate surface area is 149 Å². The van der Waals surface area contributed by atoms with Crippen molar-refractivity contribution >= 4 is 24.0 Å². The van der Waals surface area contributed by atoms with E-state index in [1.165, 1.54) is 27.5 Å². The highest BCUT2D eigenvalue weighted by molar-refractivity contribution is 5.92. The van der Waals surface area contributed by atoms with Crippen molar-refractivity contribution < 1.29 is 23.8 Å². The lowest BCUT2D eigenvalue weighted by atomic mass is 10.2. The predicted octanol–water partition coefficient (Wildman–Crippen LogP) is 0.662. The normalized spacial score (nSPS) is 13.8. The molecule has 1 aromatic rings. The molecule has 0 saturated heterocycles. The summed E-state index contributed by atoms with van der Waals surface area (Å²) in [5, 5.41) is 8.67. The van der Waals surface area contributed by atoms with Crippen LogP contribution < -0.4 is 30.5 Å². The quantitative estimate of drug-likeness (QED) is 0.505. The zero-order valence-corrected chi connectivity index (χ0v) is 14.8. The minimum atomic E-state index is -0.689. The summed E-state index contributed by atoms with van der Waals surface area (Å²) in [6, 6.07) is 2.14. The molecule has 3 N–H and O–H groups in total. The minimum absolute atomic E-state index is 0.173. The molecule has 0 aromatic heterocycles. The number of hydrogen-bond donors (Lipinski definition) is 3. The number of benzene rings is 1. The van der Waals surface area contributed by atoms with Gasteiger partial charge in [0.2, 0.25) is 5.75 Å². The summed E-state index contributed by atoms with van der Waals surface area (Å²) >= 11 is 0. The smallest absolute Gasteiger partial charge is 0.356 e. The van der Waals surface area contributed by atoms with Crippen molar-refractivity contribution in [2.75, 3.05) is 27.9 Å². The molecule has 0 fully saturated rings. The van der Waals surface area contributed by atoms with Crippen molar-refractivity contribution in [2.45, 2.75) is 6.92 Å². The summed E-state index contributed by atoms with van der Waals surface area (Å²) in [5.41, 5.74) is 8.08. The first kappa shape index (κ1) is 18.8. The highest BCUT2D eigenvalue weighted by Crippen LogP contribution is 2.38. The van der Waals surface area contributed by atoms with Gasteiger partial charge in [0.1, 0.15) is 0 Å². The number of rotatable bonds is 6. The second kappa shape index (κ2) is 8.55. The molecular weight excluding hydrogens is 344 g/mol. The van der Waals surface area contributed by atoms with Crippen molar-refractivity contribution in [2.24, 2.45) is 10.2 Å². The van der Waals surface area contributed by atoms with E-state index in [1.54, 1.807) is 19.1 Å². The van der Waals surface area contributed by atoms with Crippen LogP contribution >= 0.6 is 0 Å². The van der Waals surface area contributed by atoms with Crippen LogP contribution in [0.25, 0.3) is 0 Å². The molecule has 0 saturated carbocycles. The van der Waals surface area contributed by atoms with Crippen molar-refractivity contribution in [1.29, 1.82) is 0 Å². The Balaban J connectivity index is 2.03. The summed E-state index contributed by atoms with van der Waals surface area (Å²) in [4.78, 5) is 23.4. The second-order valence-corrected chi connectivity index (χ2v) is 5.08. The van der Waals surface area contributed by atoms with E-state index < -0.39 is 12.1 Å². The standard InChI is InChI=1S/C15H20N6O5/c1-9-8-21(15(23)19-17-9)20-14(22)18-16-7-10-5-6-11(24-2)13(26-4)12(10)25-3/h5-7H,8H2,1-4H3,(H,19,23)(H2,18,20,22)/b16-7+. The van der Waals surface area contributed by atoms with Crippen molar-refractivity contribution in [3.63, 3.8) is 0 Å². The van der Waals surface area contributed by atoms with E-state index in [0.29, 0.717) is 28.5 Å². The van der Waals surface area contributed by atoms with Crippen LogP contribution in [0, 0.1) is 0 Å². The van der Waals surface area contributed by atoms with E-state index in [9.17, 15) is 9.59 Å². The van der Waals surface area contributed by atoms with E-state index in [4.69, 9.17) is 14.2 Å². The number of hydrogen-bond acceptors (Lipinski definition) is 7. The molecule has 1 aliphatic rings. The van der Waals surface area contributed by atoms with Crippen LogP contribution in [0.15, 0.2) is 22.3 Å². The van der Waals surface area contributed by atoms with E-state index in [0.717, 1.165) is 5.01 Å². The Bertz CT molecular complexity index is 748. The highest BCUT2D eigenvalue weighted by atomic mass is 16.5. The van der Waals surface area contributed by atoms with E-state index in [2.05, 4.69) is 26.5 Å². The first-order valence-corrected chi connectivity index (χ1v) is 7.49. The summed E-state index contributed by atoms with van der Waals surface area (Å²) in [6.45, 7) is 1.89. The van der Waals surface area contributed by atoms with E-state index in [1.807, 2.05) is 0 Å². The molecule has 1 heterocycles. The van der Waals surface area contributed by atoms with Crippen LogP contribution in [0.3, 0.4) is 0 Å². The molecule has 2 rings (SSSR count). The Morgan fingerprint density at radius 3 is 2.65 bits per heavy atom. The van der Waals surface area contributed by atoms with Gasteiger partial charge in [0.05, 0.1) is 39.8 Å². The Hall–Kier alpha value is -3.50. The van der Waals surface area contributed by atoms with Gasteiger partial charge in [0, 0.05) is 5.56 Å². The lowest BCUT2D eigenvalue weighted by Gasteiger charge is -2.25. The molecule has 4 amide bonds. The summed E-state index contributed by atoms with van der Waals surface area (Å²) in [6.07, 6.45) is 1.38. The van der Waals surface area contributed by atoms with Crippen LogP contribution in [0.4, 0.5) is 9.59 Å². The number of methoxy groups -OCH3 is 3. The lowest BCUT2D eigenvalue weighted by molar-refractivity contribution is 0.173. The fourth-order valence-electron chi connectivity index (χ4n) is 2.16. The average molecular weight is 364 g/mol. The topological polar surface area (TPSA) is 126 Å². The number of ether oxygens (including phenoxy) is 3. The molecule has 0 radical (unpaired) electrons. The zero-order valence-electron chi connectivity index (χ0n) is 14.8. The summed E-state index contributed by atoms with van der Waals surface area (Å²) in [7, 11) is 4.48. The van der Waals surface area contributed by atoms with Gasteiger partial charge >= 0.3 is 12.1 Å². The second-order valence-electron chi connectivity index (χ2n) is 5.08. The Morgan fingerprint density at radius 2 is 2.00 bits per heavy atom. The third-order valence-electron chi connectivity index (χ3n) is 3.32. The number of nitrogens with zero attached hydrogens (tertiary/aromatic N) is 3. The molecule has 26 heavy (non-hydrogen) atoms. The first-order valence-electron chi connectivity index (χ1n) is 7.49. The number of urea groups is 2. The predicted molar refractivity (Wildman–Crippen MR) is 93.7 cm³/mol. The molecule has 0 unspecified atom stereocenters. The molecule has 0 aliphatic carbocycles. The van der Waals surface area contributed by atoms with Gasteiger partial charge in [0.15, 0.2) is 11.5 Å². The largest absolute Gasteiger partial charge is 0.493 e. The lowest BCUT2D eigenvalue weighted by Crippen LogP contribution is -2.55. The van der Waals surface area contributed by atoms with Crippen molar-refractivity contribution in [3.8, 4) is 17.2 Å². The van der Waals surface area contributed by atoms with Gasteiger partial charge in [0.25, 0.3) is 0 Å². The van der Waals surface area contributed by atoms with Crippen LogP contribution in [0.5, 0.6) is 17.2 Å².